The van der Waals surface area contributed by atoms with Crippen LogP contribution in [0.3, 0.4) is 0 Å². The monoisotopic (exact) mass is 334 g/mol. The highest BCUT2D eigenvalue weighted by Crippen LogP contribution is 2.27. The van der Waals surface area contributed by atoms with Crippen LogP contribution >= 0.6 is 23.2 Å². The molecule has 0 radical (unpaired) electrons. The Labute approximate surface area is 126 Å². The molecule has 0 saturated carbocycles. The Bertz CT molecular complexity index is 720. The third-order valence-electron chi connectivity index (χ3n) is 2.79. The van der Waals surface area contributed by atoms with Crippen LogP contribution in [0.1, 0.15) is 11.4 Å². The van der Waals surface area contributed by atoms with E-state index in [1.165, 1.54) is 23.1 Å². The summed E-state index contributed by atoms with van der Waals surface area (Å²) in [5, 5.41) is 4.46. The summed E-state index contributed by atoms with van der Waals surface area (Å²) in [5.41, 5.74) is 0.639. The number of hydrogen-bond acceptors (Lipinski definition) is 4. The van der Waals surface area contributed by atoms with Crippen LogP contribution in [0.5, 0.6) is 0 Å². The molecule has 0 aliphatic heterocycles. The topological polar surface area (TPSA) is 76.9 Å². The molecule has 2 aromatic rings. The Morgan fingerprint density at radius 3 is 2.40 bits per heavy atom. The molecule has 1 aromatic heterocycles. The number of sulfonamides is 1. The number of hydrogen-bond donors (Lipinski definition) is 1. The SMILES string of the molecule is Cc1c(Cl)cc(S(=O)(=O)NCc2ncnn2C)cc1Cl. The van der Waals surface area contributed by atoms with Crippen molar-refractivity contribution in [3.8, 4) is 0 Å². The van der Waals surface area contributed by atoms with Gasteiger partial charge in [-0.15, -0.1) is 0 Å². The minimum Gasteiger partial charge on any atom is -0.252 e. The van der Waals surface area contributed by atoms with Gasteiger partial charge in [0.05, 0.1) is 11.4 Å². The van der Waals surface area contributed by atoms with Crippen LogP contribution in [-0.4, -0.2) is 23.2 Å². The van der Waals surface area contributed by atoms with E-state index < -0.39 is 10.0 Å². The van der Waals surface area contributed by atoms with Crippen molar-refractivity contribution in [2.75, 3.05) is 0 Å². The predicted octanol–water partition coefficient (Wildman–Crippen LogP) is 1.91. The van der Waals surface area contributed by atoms with E-state index in [2.05, 4.69) is 14.8 Å². The smallest absolute Gasteiger partial charge is 0.241 e. The van der Waals surface area contributed by atoms with Crippen molar-refractivity contribution in [1.29, 1.82) is 0 Å². The van der Waals surface area contributed by atoms with Crippen LogP contribution in [0.4, 0.5) is 0 Å². The number of nitrogens with one attached hydrogen (secondary N) is 1. The second-order valence-corrected chi connectivity index (χ2v) is 6.72. The summed E-state index contributed by atoms with van der Waals surface area (Å²) in [6, 6.07) is 2.73. The lowest BCUT2D eigenvalue weighted by Gasteiger charge is -2.09. The number of aromatic nitrogens is 3. The number of halogens is 2. The normalized spacial score (nSPS) is 11.8. The second kappa shape index (κ2) is 5.69. The largest absolute Gasteiger partial charge is 0.252 e. The Morgan fingerprint density at radius 1 is 1.30 bits per heavy atom. The van der Waals surface area contributed by atoms with Crippen LogP contribution in [0.25, 0.3) is 0 Å². The van der Waals surface area contributed by atoms with Gasteiger partial charge in [0, 0.05) is 17.1 Å². The van der Waals surface area contributed by atoms with E-state index in [0.717, 1.165) is 0 Å². The van der Waals surface area contributed by atoms with Gasteiger partial charge in [0.25, 0.3) is 0 Å². The van der Waals surface area contributed by atoms with Gasteiger partial charge in [-0.2, -0.15) is 5.10 Å². The third-order valence-corrected chi connectivity index (χ3v) is 4.96. The molecule has 0 atom stereocenters. The summed E-state index contributed by atoms with van der Waals surface area (Å²) < 4.78 is 28.2. The zero-order chi connectivity index (χ0) is 14.9. The number of rotatable bonds is 4. The molecule has 2 rings (SSSR count). The number of nitrogens with zero attached hydrogens (tertiary/aromatic N) is 3. The Morgan fingerprint density at radius 2 is 1.90 bits per heavy atom. The molecule has 0 fully saturated rings. The molecule has 0 unspecified atom stereocenters. The van der Waals surface area contributed by atoms with Crippen molar-refractivity contribution in [1.82, 2.24) is 19.5 Å². The predicted molar refractivity (Wildman–Crippen MR) is 76.2 cm³/mol. The van der Waals surface area contributed by atoms with Crippen molar-refractivity contribution >= 4 is 33.2 Å². The van der Waals surface area contributed by atoms with Gasteiger partial charge in [0.15, 0.2) is 0 Å². The van der Waals surface area contributed by atoms with E-state index in [9.17, 15) is 8.42 Å². The van der Waals surface area contributed by atoms with Gasteiger partial charge in [0.2, 0.25) is 10.0 Å². The maximum Gasteiger partial charge on any atom is 0.241 e. The minimum atomic E-state index is -3.71. The minimum absolute atomic E-state index is 0.0141. The molecule has 0 saturated heterocycles. The summed E-state index contributed by atoms with van der Waals surface area (Å²) >= 11 is 11.9. The molecule has 1 N–H and O–H groups in total. The molecule has 1 aromatic carbocycles. The first-order valence-corrected chi connectivity index (χ1v) is 7.83. The highest BCUT2D eigenvalue weighted by atomic mass is 35.5. The fourth-order valence-electron chi connectivity index (χ4n) is 1.50. The molecule has 6 nitrogen and oxygen atoms in total. The first-order chi connectivity index (χ1) is 9.31. The van der Waals surface area contributed by atoms with Crippen molar-refractivity contribution in [2.24, 2.45) is 7.05 Å². The standard InChI is InChI=1S/C11H12Cl2N4O2S/c1-7-9(12)3-8(4-10(7)13)20(18,19)16-5-11-14-6-15-17(11)2/h3-4,6,16H,5H2,1-2H3. The van der Waals surface area contributed by atoms with Gasteiger partial charge >= 0.3 is 0 Å². The maximum absolute atomic E-state index is 12.2. The van der Waals surface area contributed by atoms with Crippen LogP contribution < -0.4 is 4.72 Å². The van der Waals surface area contributed by atoms with Gasteiger partial charge in [0.1, 0.15) is 12.2 Å². The van der Waals surface area contributed by atoms with Gasteiger partial charge < -0.3 is 0 Å². The summed E-state index contributed by atoms with van der Waals surface area (Å²) in [6.45, 7) is 1.75. The molecular formula is C11H12Cl2N4O2S. The lowest BCUT2D eigenvalue weighted by molar-refractivity contribution is 0.575. The molecule has 20 heavy (non-hydrogen) atoms. The molecule has 0 aliphatic rings. The molecule has 0 bridgehead atoms. The lowest BCUT2D eigenvalue weighted by Crippen LogP contribution is -2.25. The van der Waals surface area contributed by atoms with E-state index in [4.69, 9.17) is 23.2 Å². The first kappa shape index (κ1) is 15.2. The number of aryl methyl sites for hydroxylation is 1. The van der Waals surface area contributed by atoms with Crippen molar-refractivity contribution in [3.05, 3.63) is 39.9 Å². The van der Waals surface area contributed by atoms with E-state index in [-0.39, 0.29) is 11.4 Å². The fourth-order valence-corrected chi connectivity index (χ4v) is 3.15. The van der Waals surface area contributed by atoms with Gasteiger partial charge in [-0.3, -0.25) is 4.68 Å². The second-order valence-electron chi connectivity index (χ2n) is 4.14. The van der Waals surface area contributed by atoms with Gasteiger partial charge in [-0.05, 0) is 24.6 Å². The van der Waals surface area contributed by atoms with E-state index in [0.29, 0.717) is 21.4 Å². The third kappa shape index (κ3) is 3.12. The fraction of sp³-hybridized carbons (Fsp3) is 0.273. The van der Waals surface area contributed by atoms with E-state index in [1.807, 2.05) is 0 Å². The van der Waals surface area contributed by atoms with Crippen LogP contribution in [0.15, 0.2) is 23.4 Å². The first-order valence-electron chi connectivity index (χ1n) is 5.59. The molecule has 9 heteroatoms. The van der Waals surface area contributed by atoms with Gasteiger partial charge in [-0.1, -0.05) is 23.2 Å². The molecule has 0 spiro atoms. The van der Waals surface area contributed by atoms with Crippen molar-refractivity contribution in [3.63, 3.8) is 0 Å². The Balaban J connectivity index is 2.25. The Kier molecular flexibility index (Phi) is 4.33. The zero-order valence-corrected chi connectivity index (χ0v) is 13.1. The molecule has 0 aliphatic carbocycles. The van der Waals surface area contributed by atoms with Crippen molar-refractivity contribution in [2.45, 2.75) is 18.4 Å². The summed E-state index contributed by atoms with van der Waals surface area (Å²) in [5.74, 6) is 0.498. The number of benzene rings is 1. The zero-order valence-electron chi connectivity index (χ0n) is 10.8. The highest BCUT2D eigenvalue weighted by molar-refractivity contribution is 7.89. The van der Waals surface area contributed by atoms with E-state index >= 15 is 0 Å². The van der Waals surface area contributed by atoms with Gasteiger partial charge in [-0.25, -0.2) is 18.1 Å². The molecule has 108 valence electrons. The molecular weight excluding hydrogens is 323 g/mol. The quantitative estimate of drug-likeness (QED) is 0.926. The summed E-state index contributed by atoms with van der Waals surface area (Å²) in [7, 11) is -2.04. The molecule has 1 heterocycles. The van der Waals surface area contributed by atoms with Crippen LogP contribution in [-0.2, 0) is 23.6 Å². The maximum atomic E-state index is 12.2. The summed E-state index contributed by atoms with van der Waals surface area (Å²) in [4.78, 5) is 3.95. The highest BCUT2D eigenvalue weighted by Gasteiger charge is 2.17. The van der Waals surface area contributed by atoms with Crippen LogP contribution in [0.2, 0.25) is 10.0 Å². The molecule has 0 amide bonds. The van der Waals surface area contributed by atoms with Crippen molar-refractivity contribution < 1.29 is 8.42 Å². The van der Waals surface area contributed by atoms with E-state index in [1.54, 1.807) is 14.0 Å². The average Bonchev–Trinajstić information content (AvgIpc) is 2.78. The summed E-state index contributed by atoms with van der Waals surface area (Å²) in [6.07, 6.45) is 1.35. The average molecular weight is 335 g/mol. The lowest BCUT2D eigenvalue weighted by atomic mass is 10.2. The Hall–Kier alpha value is -1.15. The van der Waals surface area contributed by atoms with Crippen LogP contribution in [0, 0.1) is 6.92 Å².